The lowest BCUT2D eigenvalue weighted by Gasteiger charge is -2.19. The van der Waals surface area contributed by atoms with Crippen molar-refractivity contribution in [2.24, 2.45) is 0 Å². The van der Waals surface area contributed by atoms with Gasteiger partial charge in [0.1, 0.15) is 0 Å². The minimum absolute atomic E-state index is 0.248. The van der Waals surface area contributed by atoms with Crippen LogP contribution in [0, 0.1) is 0 Å². The van der Waals surface area contributed by atoms with Gasteiger partial charge < -0.3 is 9.84 Å². The number of aromatic hydroxyl groups is 1. The van der Waals surface area contributed by atoms with Crippen molar-refractivity contribution in [3.8, 4) is 33.8 Å². The Morgan fingerprint density at radius 2 is 1.46 bits per heavy atom. The lowest BCUT2D eigenvalue weighted by atomic mass is 9.90. The molecule has 3 rings (SSSR count). The zero-order chi connectivity index (χ0) is 16.9. The van der Waals surface area contributed by atoms with Gasteiger partial charge in [0, 0.05) is 5.56 Å². The van der Waals surface area contributed by atoms with Gasteiger partial charge in [0.15, 0.2) is 11.5 Å². The van der Waals surface area contributed by atoms with Gasteiger partial charge in [0.2, 0.25) is 0 Å². The summed E-state index contributed by atoms with van der Waals surface area (Å²) in [5.41, 5.74) is 5.09. The van der Waals surface area contributed by atoms with E-state index in [2.05, 4.69) is 25.1 Å². The highest BCUT2D eigenvalue weighted by atomic mass is 16.5. The predicted molar refractivity (Wildman–Crippen MR) is 99.5 cm³/mol. The van der Waals surface area contributed by atoms with Gasteiger partial charge in [-0.1, -0.05) is 74.0 Å². The maximum Gasteiger partial charge on any atom is 0.169 e. The number of hydrogen-bond acceptors (Lipinski definition) is 2. The number of hydrogen-bond donors (Lipinski definition) is 1. The number of methoxy groups -OCH3 is 1. The molecular weight excluding hydrogens is 296 g/mol. The molecule has 0 saturated carbocycles. The number of phenolic OH excluding ortho intramolecular Hbond substituents is 1. The van der Waals surface area contributed by atoms with Gasteiger partial charge >= 0.3 is 0 Å². The summed E-state index contributed by atoms with van der Waals surface area (Å²) in [5, 5.41) is 10.7. The molecule has 0 aliphatic carbocycles. The summed E-state index contributed by atoms with van der Waals surface area (Å²) in [6.07, 6.45) is 1.78. The Labute approximate surface area is 143 Å². The molecule has 122 valence electrons. The average Bonchev–Trinajstić information content (AvgIpc) is 2.64. The molecule has 0 unspecified atom stereocenters. The lowest BCUT2D eigenvalue weighted by Crippen LogP contribution is -1.97. The third-order valence-electron chi connectivity index (χ3n) is 4.20. The van der Waals surface area contributed by atoms with Crippen molar-refractivity contribution in [3.63, 3.8) is 0 Å². The first-order valence-corrected chi connectivity index (χ1v) is 8.30. The molecule has 0 aliphatic heterocycles. The Balaban J connectivity index is 2.34. The van der Waals surface area contributed by atoms with Gasteiger partial charge in [-0.05, 0) is 34.7 Å². The van der Waals surface area contributed by atoms with Gasteiger partial charge in [0.05, 0.1) is 7.11 Å². The van der Waals surface area contributed by atoms with Gasteiger partial charge in [-0.25, -0.2) is 0 Å². The van der Waals surface area contributed by atoms with Crippen LogP contribution in [-0.2, 0) is 6.42 Å². The van der Waals surface area contributed by atoms with Crippen molar-refractivity contribution >= 4 is 0 Å². The van der Waals surface area contributed by atoms with Crippen molar-refractivity contribution in [2.75, 3.05) is 7.11 Å². The molecule has 0 atom stereocenters. The molecule has 0 amide bonds. The standard InChI is InChI=1S/C22H22O2/c1-3-10-18-15-19(16-11-6-4-7-12-16)20(22(24-2)21(18)23)17-13-8-5-9-14-17/h4-9,11-15,23H,3,10H2,1-2H3. The van der Waals surface area contributed by atoms with Crippen LogP contribution in [0.4, 0.5) is 0 Å². The largest absolute Gasteiger partial charge is 0.504 e. The molecule has 0 aliphatic rings. The van der Waals surface area contributed by atoms with E-state index >= 15 is 0 Å². The van der Waals surface area contributed by atoms with Crippen LogP contribution in [0.15, 0.2) is 66.7 Å². The maximum atomic E-state index is 10.7. The molecule has 0 saturated heterocycles. The molecular formula is C22H22O2. The Kier molecular flexibility index (Phi) is 4.85. The zero-order valence-electron chi connectivity index (χ0n) is 14.1. The van der Waals surface area contributed by atoms with Crippen LogP contribution in [0.3, 0.4) is 0 Å². The van der Waals surface area contributed by atoms with Gasteiger partial charge in [0.25, 0.3) is 0 Å². The summed E-state index contributed by atoms with van der Waals surface area (Å²) in [7, 11) is 1.62. The van der Waals surface area contributed by atoms with Crippen molar-refractivity contribution in [3.05, 3.63) is 72.3 Å². The van der Waals surface area contributed by atoms with Crippen molar-refractivity contribution in [1.82, 2.24) is 0 Å². The summed E-state index contributed by atoms with van der Waals surface area (Å²) in [6.45, 7) is 2.11. The number of rotatable bonds is 5. The fourth-order valence-electron chi connectivity index (χ4n) is 3.10. The van der Waals surface area contributed by atoms with E-state index < -0.39 is 0 Å². The second-order valence-electron chi connectivity index (χ2n) is 5.82. The monoisotopic (exact) mass is 318 g/mol. The molecule has 2 nitrogen and oxygen atoms in total. The fraction of sp³-hybridized carbons (Fsp3) is 0.182. The van der Waals surface area contributed by atoms with E-state index in [9.17, 15) is 5.11 Å². The van der Waals surface area contributed by atoms with Crippen LogP contribution in [-0.4, -0.2) is 12.2 Å². The smallest absolute Gasteiger partial charge is 0.169 e. The number of ether oxygens (including phenoxy) is 1. The van der Waals surface area contributed by atoms with Crippen LogP contribution in [0.1, 0.15) is 18.9 Å². The van der Waals surface area contributed by atoms with Crippen LogP contribution >= 0.6 is 0 Å². The van der Waals surface area contributed by atoms with Crippen molar-refractivity contribution in [2.45, 2.75) is 19.8 Å². The molecule has 24 heavy (non-hydrogen) atoms. The Hall–Kier alpha value is -2.74. The van der Waals surface area contributed by atoms with Crippen molar-refractivity contribution < 1.29 is 9.84 Å². The van der Waals surface area contributed by atoms with Crippen molar-refractivity contribution in [1.29, 1.82) is 0 Å². The Morgan fingerprint density at radius 3 is 2.00 bits per heavy atom. The van der Waals surface area contributed by atoms with E-state index in [1.165, 1.54) is 0 Å². The first kappa shape index (κ1) is 16.1. The molecule has 0 fully saturated rings. The molecule has 0 bridgehead atoms. The first-order chi connectivity index (χ1) is 11.8. The third-order valence-corrected chi connectivity index (χ3v) is 4.20. The van der Waals surface area contributed by atoms with Gasteiger partial charge in [-0.15, -0.1) is 0 Å². The summed E-state index contributed by atoms with van der Waals surface area (Å²) in [5.74, 6) is 0.795. The SMILES string of the molecule is CCCc1cc(-c2ccccc2)c(-c2ccccc2)c(OC)c1O. The zero-order valence-corrected chi connectivity index (χ0v) is 14.1. The third kappa shape index (κ3) is 3.00. The summed E-state index contributed by atoms with van der Waals surface area (Å²) in [4.78, 5) is 0. The summed E-state index contributed by atoms with van der Waals surface area (Å²) >= 11 is 0. The first-order valence-electron chi connectivity index (χ1n) is 8.30. The quantitative estimate of drug-likeness (QED) is 0.655. The molecule has 0 radical (unpaired) electrons. The number of benzene rings is 3. The van der Waals surface area contributed by atoms with E-state index in [1.807, 2.05) is 48.5 Å². The predicted octanol–water partition coefficient (Wildman–Crippen LogP) is 5.69. The molecule has 2 heteroatoms. The van der Waals surface area contributed by atoms with E-state index in [0.29, 0.717) is 5.75 Å². The highest BCUT2D eigenvalue weighted by molar-refractivity contribution is 5.90. The molecule has 3 aromatic carbocycles. The summed E-state index contributed by atoms with van der Waals surface area (Å²) < 4.78 is 5.63. The van der Waals surface area contributed by atoms with E-state index in [0.717, 1.165) is 40.7 Å². The number of phenols is 1. The fourth-order valence-corrected chi connectivity index (χ4v) is 3.10. The molecule has 0 aromatic heterocycles. The number of aryl methyl sites for hydroxylation is 1. The molecule has 1 N–H and O–H groups in total. The molecule has 0 heterocycles. The Morgan fingerprint density at radius 1 is 0.875 bits per heavy atom. The topological polar surface area (TPSA) is 29.5 Å². The normalized spacial score (nSPS) is 10.6. The highest BCUT2D eigenvalue weighted by Gasteiger charge is 2.20. The minimum atomic E-state index is 0.248. The molecule has 3 aromatic rings. The molecule has 0 spiro atoms. The maximum absolute atomic E-state index is 10.7. The van der Waals surface area contributed by atoms with E-state index in [-0.39, 0.29) is 5.75 Å². The second-order valence-corrected chi connectivity index (χ2v) is 5.82. The van der Waals surface area contributed by atoms with E-state index in [1.54, 1.807) is 7.11 Å². The van der Waals surface area contributed by atoms with Crippen LogP contribution in [0.2, 0.25) is 0 Å². The summed E-state index contributed by atoms with van der Waals surface area (Å²) in [6, 6.07) is 22.4. The van der Waals surface area contributed by atoms with Crippen LogP contribution in [0.5, 0.6) is 11.5 Å². The van der Waals surface area contributed by atoms with E-state index in [4.69, 9.17) is 4.74 Å². The van der Waals surface area contributed by atoms with Crippen LogP contribution < -0.4 is 4.74 Å². The van der Waals surface area contributed by atoms with Gasteiger partial charge in [-0.3, -0.25) is 0 Å². The van der Waals surface area contributed by atoms with Gasteiger partial charge in [-0.2, -0.15) is 0 Å². The second kappa shape index (κ2) is 7.22. The highest BCUT2D eigenvalue weighted by Crippen LogP contribution is 2.46. The minimum Gasteiger partial charge on any atom is -0.504 e. The Bertz CT molecular complexity index is 808. The lowest BCUT2D eigenvalue weighted by molar-refractivity contribution is 0.372. The van der Waals surface area contributed by atoms with Crippen LogP contribution in [0.25, 0.3) is 22.3 Å². The average molecular weight is 318 g/mol.